The third-order valence-corrected chi connectivity index (χ3v) is 7.17. The van der Waals surface area contributed by atoms with Crippen molar-refractivity contribution in [2.45, 2.75) is 35.8 Å². The molecule has 2 aromatic rings. The van der Waals surface area contributed by atoms with Gasteiger partial charge in [-0.25, -0.2) is 13.1 Å². The molecule has 2 aromatic carbocycles. The summed E-state index contributed by atoms with van der Waals surface area (Å²) in [6.45, 7) is 1.86. The first-order valence-corrected chi connectivity index (χ1v) is 10.9. The summed E-state index contributed by atoms with van der Waals surface area (Å²) in [4.78, 5) is 2.43. The van der Waals surface area contributed by atoms with Gasteiger partial charge in [0, 0.05) is 25.1 Å². The predicted molar refractivity (Wildman–Crippen MR) is 105 cm³/mol. The highest BCUT2D eigenvalue weighted by Gasteiger charge is 2.43. The lowest BCUT2D eigenvalue weighted by Gasteiger charge is -2.46. The van der Waals surface area contributed by atoms with Crippen molar-refractivity contribution in [2.24, 2.45) is 0 Å². The fourth-order valence-electron chi connectivity index (χ4n) is 4.02. The molecular weight excluding hydrogens is 374 g/mol. The van der Waals surface area contributed by atoms with Crippen molar-refractivity contribution in [3.05, 3.63) is 59.7 Å². The lowest BCUT2D eigenvalue weighted by atomic mass is 9.81. The van der Waals surface area contributed by atoms with E-state index in [0.717, 1.165) is 37.2 Å². The van der Waals surface area contributed by atoms with Crippen molar-refractivity contribution in [3.63, 3.8) is 0 Å². The molecule has 1 N–H and O–H groups in total. The van der Waals surface area contributed by atoms with E-state index in [2.05, 4.69) is 16.7 Å². The molecule has 2 aliphatic rings. The number of likely N-dealkylation sites (tertiary alicyclic amines) is 1. The number of hydrogen-bond donors (Lipinski definition) is 1. The number of nitrogens with one attached hydrogen (secondary N) is 1. The van der Waals surface area contributed by atoms with Crippen LogP contribution in [0.25, 0.3) is 0 Å². The highest BCUT2D eigenvalue weighted by Crippen LogP contribution is 2.44. The third kappa shape index (κ3) is 3.63. The van der Waals surface area contributed by atoms with Crippen molar-refractivity contribution >= 4 is 10.0 Å². The van der Waals surface area contributed by atoms with Crippen LogP contribution in [0.5, 0.6) is 5.75 Å². The molecule has 1 unspecified atom stereocenters. The van der Waals surface area contributed by atoms with Gasteiger partial charge in [-0.15, -0.1) is 0 Å². The van der Waals surface area contributed by atoms with Crippen LogP contribution in [0.2, 0.25) is 0 Å². The first-order valence-electron chi connectivity index (χ1n) is 9.40. The van der Waals surface area contributed by atoms with Gasteiger partial charge in [0.25, 0.3) is 0 Å². The predicted octanol–water partition coefficient (Wildman–Crippen LogP) is 2.82. The Labute approximate surface area is 165 Å². The molecule has 1 atom stereocenters. The molecule has 1 saturated heterocycles. The van der Waals surface area contributed by atoms with Gasteiger partial charge in [0.1, 0.15) is 11.4 Å². The van der Waals surface area contributed by atoms with Gasteiger partial charge in [-0.3, -0.25) is 0 Å². The number of fused-ring (bicyclic) bond motifs is 1. The molecule has 2 aliphatic heterocycles. The minimum absolute atomic E-state index is 0.160. The lowest BCUT2D eigenvalue weighted by Crippen LogP contribution is -2.51. The highest BCUT2D eigenvalue weighted by atomic mass is 32.2. The van der Waals surface area contributed by atoms with Crippen molar-refractivity contribution in [3.8, 4) is 11.8 Å². The molecule has 2 heterocycles. The molecule has 7 heteroatoms. The van der Waals surface area contributed by atoms with Gasteiger partial charge in [0.15, 0.2) is 0 Å². The SMILES string of the molecule is CN1CCC2(CC1)CC(NS(=O)(=O)c1ccc(C#N)cc1)c1ccccc1O2. The second-order valence-corrected chi connectivity index (χ2v) is 9.35. The molecule has 6 nitrogen and oxygen atoms in total. The van der Waals surface area contributed by atoms with Gasteiger partial charge in [-0.1, -0.05) is 18.2 Å². The maximum atomic E-state index is 13.0. The second-order valence-electron chi connectivity index (χ2n) is 7.64. The summed E-state index contributed by atoms with van der Waals surface area (Å²) in [5, 5.41) is 8.93. The van der Waals surface area contributed by atoms with Crippen LogP contribution in [0.1, 0.15) is 36.4 Å². The van der Waals surface area contributed by atoms with Crippen LogP contribution in [-0.2, 0) is 10.0 Å². The van der Waals surface area contributed by atoms with E-state index in [9.17, 15) is 8.42 Å². The van der Waals surface area contributed by atoms with Crippen molar-refractivity contribution in [1.82, 2.24) is 9.62 Å². The van der Waals surface area contributed by atoms with Crippen LogP contribution in [0.15, 0.2) is 53.4 Å². The number of benzene rings is 2. The van der Waals surface area contributed by atoms with Gasteiger partial charge >= 0.3 is 0 Å². The standard InChI is InChI=1S/C21H23N3O3S/c1-24-12-10-21(11-13-24)14-19(18-4-2-3-5-20(18)27-21)23-28(25,26)17-8-6-16(15-22)7-9-17/h2-9,19,23H,10-14H2,1H3. The Hall–Kier alpha value is -2.40. The Balaban J connectivity index is 1.64. The normalized spacial score (nSPS) is 21.5. The molecule has 1 spiro atoms. The Morgan fingerprint density at radius 3 is 2.50 bits per heavy atom. The zero-order valence-electron chi connectivity index (χ0n) is 15.8. The van der Waals surface area contributed by atoms with E-state index in [1.54, 1.807) is 0 Å². The lowest BCUT2D eigenvalue weighted by molar-refractivity contribution is -0.0179. The zero-order valence-corrected chi connectivity index (χ0v) is 16.6. The third-order valence-electron chi connectivity index (χ3n) is 5.69. The fourth-order valence-corrected chi connectivity index (χ4v) is 5.23. The number of piperidine rings is 1. The summed E-state index contributed by atoms with van der Waals surface area (Å²) in [6, 6.07) is 15.3. The van der Waals surface area contributed by atoms with E-state index in [-0.39, 0.29) is 16.5 Å². The molecule has 4 rings (SSSR count). The van der Waals surface area contributed by atoms with Gasteiger partial charge in [-0.2, -0.15) is 5.26 Å². The summed E-state index contributed by atoms with van der Waals surface area (Å²) in [6.07, 6.45) is 2.34. The van der Waals surface area contributed by atoms with E-state index < -0.39 is 10.0 Å². The monoisotopic (exact) mass is 397 g/mol. The first-order chi connectivity index (χ1) is 13.4. The summed E-state index contributed by atoms with van der Waals surface area (Å²) in [5.74, 6) is 0.755. The first kappa shape index (κ1) is 18.9. The molecule has 0 radical (unpaired) electrons. The molecule has 1 fully saturated rings. The number of nitriles is 1. The molecule has 146 valence electrons. The summed E-state index contributed by atoms with van der Waals surface area (Å²) in [5.41, 5.74) is 0.948. The summed E-state index contributed by atoms with van der Waals surface area (Å²) < 4.78 is 35.3. The number of sulfonamides is 1. The van der Waals surface area contributed by atoms with Crippen molar-refractivity contribution in [2.75, 3.05) is 20.1 Å². The van der Waals surface area contributed by atoms with Crippen molar-refractivity contribution < 1.29 is 13.2 Å². The second kappa shape index (κ2) is 7.21. The van der Waals surface area contributed by atoms with E-state index in [1.165, 1.54) is 24.3 Å². The fraction of sp³-hybridized carbons (Fsp3) is 0.381. The highest BCUT2D eigenvalue weighted by molar-refractivity contribution is 7.89. The number of nitrogens with zero attached hydrogens (tertiary/aromatic N) is 2. The Kier molecular flexibility index (Phi) is 4.88. The molecular formula is C21H23N3O3S. The van der Waals surface area contributed by atoms with Crippen LogP contribution < -0.4 is 9.46 Å². The number of para-hydroxylation sites is 1. The van der Waals surface area contributed by atoms with Crippen LogP contribution in [0, 0.1) is 11.3 Å². The van der Waals surface area contributed by atoms with Crippen LogP contribution in [0.3, 0.4) is 0 Å². The average Bonchev–Trinajstić information content (AvgIpc) is 2.70. The smallest absolute Gasteiger partial charge is 0.241 e. The maximum Gasteiger partial charge on any atom is 0.241 e. The minimum Gasteiger partial charge on any atom is -0.487 e. The van der Waals surface area contributed by atoms with Gasteiger partial charge in [0.2, 0.25) is 10.0 Å². The van der Waals surface area contributed by atoms with E-state index >= 15 is 0 Å². The topological polar surface area (TPSA) is 82.4 Å². The zero-order chi connectivity index (χ0) is 19.8. The molecule has 0 bridgehead atoms. The number of ether oxygens (including phenoxy) is 1. The van der Waals surface area contributed by atoms with E-state index in [1.807, 2.05) is 30.3 Å². The van der Waals surface area contributed by atoms with Crippen LogP contribution in [-0.4, -0.2) is 39.1 Å². The molecule has 0 amide bonds. The molecule has 0 aromatic heterocycles. The van der Waals surface area contributed by atoms with Crippen LogP contribution in [0.4, 0.5) is 0 Å². The summed E-state index contributed by atoms with van der Waals surface area (Å²) >= 11 is 0. The van der Waals surface area contributed by atoms with Crippen molar-refractivity contribution in [1.29, 1.82) is 5.26 Å². The molecule has 28 heavy (non-hydrogen) atoms. The molecule has 0 saturated carbocycles. The Morgan fingerprint density at radius 1 is 1.14 bits per heavy atom. The average molecular weight is 398 g/mol. The largest absolute Gasteiger partial charge is 0.487 e. The quantitative estimate of drug-likeness (QED) is 0.861. The van der Waals surface area contributed by atoms with E-state index in [0.29, 0.717) is 12.0 Å². The summed E-state index contributed by atoms with van der Waals surface area (Å²) in [7, 11) is -1.63. The molecule has 0 aliphatic carbocycles. The van der Waals surface area contributed by atoms with E-state index in [4.69, 9.17) is 10.00 Å². The van der Waals surface area contributed by atoms with Crippen LogP contribution >= 0.6 is 0 Å². The Bertz CT molecular complexity index is 1000. The Morgan fingerprint density at radius 2 is 1.82 bits per heavy atom. The van der Waals surface area contributed by atoms with Gasteiger partial charge in [0.05, 0.1) is 22.6 Å². The number of hydrogen-bond acceptors (Lipinski definition) is 5. The minimum atomic E-state index is -3.72. The number of rotatable bonds is 3. The van der Waals surface area contributed by atoms with Gasteiger partial charge in [-0.05, 0) is 50.2 Å². The maximum absolute atomic E-state index is 13.0. The van der Waals surface area contributed by atoms with Gasteiger partial charge < -0.3 is 9.64 Å².